The maximum atomic E-state index is 4.07. The lowest BCUT2D eigenvalue weighted by Crippen LogP contribution is -2.04. The van der Waals surface area contributed by atoms with Crippen molar-refractivity contribution in [2.24, 2.45) is 9.98 Å². The van der Waals surface area contributed by atoms with Crippen molar-refractivity contribution in [1.82, 2.24) is 5.32 Å². The third kappa shape index (κ3) is 5.44. The molecule has 0 saturated heterocycles. The van der Waals surface area contributed by atoms with Crippen molar-refractivity contribution in [3.05, 3.63) is 0 Å². The summed E-state index contributed by atoms with van der Waals surface area (Å²) in [5.41, 5.74) is 1.11. The highest BCUT2D eigenvalue weighted by Crippen LogP contribution is 1.80. The van der Waals surface area contributed by atoms with E-state index in [1.54, 1.807) is 6.34 Å². The highest BCUT2D eigenvalue weighted by atomic mass is 15.0. The van der Waals surface area contributed by atoms with Crippen molar-refractivity contribution < 1.29 is 0 Å². The molecule has 0 aliphatic carbocycles. The van der Waals surface area contributed by atoms with Gasteiger partial charge in [-0.25, -0.2) is 4.99 Å². The van der Waals surface area contributed by atoms with Gasteiger partial charge in [0.05, 0.1) is 6.67 Å². The van der Waals surface area contributed by atoms with Crippen LogP contribution in [0.2, 0.25) is 0 Å². The van der Waals surface area contributed by atoms with E-state index in [9.17, 15) is 0 Å². The number of aliphatic imine (C=N–C) groups is 2. The monoisotopic (exact) mass is 141 g/mol. The number of hydrogen-bond acceptors (Lipinski definition) is 2. The van der Waals surface area contributed by atoms with E-state index in [0.717, 1.165) is 12.1 Å². The molecule has 0 aromatic rings. The summed E-state index contributed by atoms with van der Waals surface area (Å²) in [7, 11) is 1.85. The second-order valence-corrected chi connectivity index (χ2v) is 2.03. The summed E-state index contributed by atoms with van der Waals surface area (Å²) in [6.07, 6.45) is 2.58. The number of rotatable bonds is 4. The van der Waals surface area contributed by atoms with Gasteiger partial charge in [0.25, 0.3) is 0 Å². The molecule has 3 nitrogen and oxygen atoms in total. The van der Waals surface area contributed by atoms with E-state index in [0.29, 0.717) is 6.67 Å². The number of nitrogens with zero attached hydrogens (tertiary/aromatic N) is 2. The van der Waals surface area contributed by atoms with Gasteiger partial charge in [-0.1, -0.05) is 6.92 Å². The van der Waals surface area contributed by atoms with Crippen molar-refractivity contribution in [3.63, 3.8) is 0 Å². The van der Waals surface area contributed by atoms with Crippen LogP contribution in [0, 0.1) is 0 Å². The van der Waals surface area contributed by atoms with Gasteiger partial charge in [0.2, 0.25) is 0 Å². The molecular formula is C7H15N3. The van der Waals surface area contributed by atoms with Crippen molar-refractivity contribution in [3.8, 4) is 0 Å². The molecule has 0 spiro atoms. The largest absolute Gasteiger partial charge is 0.301 e. The van der Waals surface area contributed by atoms with Gasteiger partial charge < -0.3 is 5.32 Å². The Balaban J connectivity index is 3.49. The number of nitrogens with one attached hydrogen (secondary N) is 1. The van der Waals surface area contributed by atoms with Crippen molar-refractivity contribution >= 4 is 12.1 Å². The zero-order chi connectivity index (χ0) is 7.82. The first kappa shape index (κ1) is 9.30. The van der Waals surface area contributed by atoms with Crippen LogP contribution >= 0.6 is 0 Å². The van der Waals surface area contributed by atoms with E-state index in [1.807, 2.05) is 14.0 Å². The maximum Gasteiger partial charge on any atom is 0.111 e. The lowest BCUT2D eigenvalue weighted by molar-refractivity contribution is 0.837. The highest BCUT2D eigenvalue weighted by Gasteiger charge is 1.79. The molecule has 0 aliphatic rings. The first-order valence-corrected chi connectivity index (χ1v) is 3.47. The van der Waals surface area contributed by atoms with Crippen LogP contribution < -0.4 is 5.32 Å². The second kappa shape index (κ2) is 6.42. The van der Waals surface area contributed by atoms with Crippen molar-refractivity contribution in [1.29, 1.82) is 0 Å². The molecule has 0 aromatic heterocycles. The molecule has 3 heteroatoms. The van der Waals surface area contributed by atoms with Crippen LogP contribution in [0.5, 0.6) is 0 Å². The molecule has 0 aromatic carbocycles. The molecule has 0 fully saturated rings. The quantitative estimate of drug-likeness (QED) is 0.461. The molecule has 0 unspecified atom stereocenters. The Morgan fingerprint density at radius 2 is 2.30 bits per heavy atom. The van der Waals surface area contributed by atoms with Gasteiger partial charge >= 0.3 is 0 Å². The van der Waals surface area contributed by atoms with Crippen LogP contribution in [0.3, 0.4) is 0 Å². The zero-order valence-corrected chi connectivity index (χ0v) is 6.89. The first-order valence-electron chi connectivity index (χ1n) is 3.47. The molecule has 0 amide bonds. The Bertz CT molecular complexity index is 127. The van der Waals surface area contributed by atoms with Crippen molar-refractivity contribution in [2.45, 2.75) is 20.3 Å². The van der Waals surface area contributed by atoms with Gasteiger partial charge in [-0.2, -0.15) is 0 Å². The first-order chi connectivity index (χ1) is 4.81. The highest BCUT2D eigenvalue weighted by molar-refractivity contribution is 5.88. The molecule has 0 radical (unpaired) electrons. The van der Waals surface area contributed by atoms with Crippen LogP contribution in [0.25, 0.3) is 0 Å². The standard InChI is InChI=1S/C7H15N3/c1-4-7(2)10-6-9-5-8-3/h6,8H,4-5H2,1-3H3/b9-6-,10-7-. The molecule has 0 aliphatic heterocycles. The predicted molar refractivity (Wildman–Crippen MR) is 45.8 cm³/mol. The lowest BCUT2D eigenvalue weighted by atomic mass is 10.3. The fraction of sp³-hybridized carbons (Fsp3) is 0.714. The van der Waals surface area contributed by atoms with Crippen molar-refractivity contribution in [2.75, 3.05) is 13.7 Å². The van der Waals surface area contributed by atoms with E-state index in [4.69, 9.17) is 0 Å². The van der Waals surface area contributed by atoms with E-state index in [-0.39, 0.29) is 0 Å². The third-order valence-corrected chi connectivity index (χ3v) is 1.12. The van der Waals surface area contributed by atoms with E-state index >= 15 is 0 Å². The summed E-state index contributed by atoms with van der Waals surface area (Å²) in [6.45, 7) is 4.70. The Labute approximate surface area is 62.3 Å². The minimum Gasteiger partial charge on any atom is -0.301 e. The van der Waals surface area contributed by atoms with E-state index < -0.39 is 0 Å². The van der Waals surface area contributed by atoms with Gasteiger partial charge in [0, 0.05) is 5.71 Å². The normalized spacial score (nSPS) is 12.9. The Hall–Kier alpha value is -0.700. The summed E-state index contributed by atoms with van der Waals surface area (Å²) in [5, 5.41) is 2.89. The molecule has 0 atom stereocenters. The Morgan fingerprint density at radius 1 is 1.60 bits per heavy atom. The summed E-state index contributed by atoms with van der Waals surface area (Å²) in [4.78, 5) is 8.02. The molecule has 0 rings (SSSR count). The fourth-order valence-corrected chi connectivity index (χ4v) is 0.363. The number of hydrogen-bond donors (Lipinski definition) is 1. The molecule has 0 heterocycles. The van der Waals surface area contributed by atoms with Gasteiger partial charge in [-0.05, 0) is 20.4 Å². The Morgan fingerprint density at radius 3 is 2.80 bits per heavy atom. The second-order valence-electron chi connectivity index (χ2n) is 2.03. The minimum absolute atomic E-state index is 0.639. The van der Waals surface area contributed by atoms with E-state index in [2.05, 4.69) is 22.2 Å². The van der Waals surface area contributed by atoms with Crippen LogP contribution in [0.15, 0.2) is 9.98 Å². The predicted octanol–water partition coefficient (Wildman–Crippen LogP) is 1.06. The lowest BCUT2D eigenvalue weighted by Gasteiger charge is -1.88. The topological polar surface area (TPSA) is 36.8 Å². The van der Waals surface area contributed by atoms with Gasteiger partial charge in [-0.3, -0.25) is 4.99 Å². The maximum absolute atomic E-state index is 4.07. The molecule has 0 saturated carbocycles. The molecular weight excluding hydrogens is 126 g/mol. The average molecular weight is 141 g/mol. The van der Waals surface area contributed by atoms with Crippen LogP contribution in [-0.4, -0.2) is 25.8 Å². The average Bonchev–Trinajstić information content (AvgIpc) is 1.98. The third-order valence-electron chi connectivity index (χ3n) is 1.12. The van der Waals surface area contributed by atoms with Gasteiger partial charge in [-0.15, -0.1) is 0 Å². The fourth-order valence-electron chi connectivity index (χ4n) is 0.363. The smallest absolute Gasteiger partial charge is 0.111 e. The summed E-state index contributed by atoms with van der Waals surface area (Å²) in [6, 6.07) is 0. The minimum atomic E-state index is 0.639. The van der Waals surface area contributed by atoms with Gasteiger partial charge in [0.1, 0.15) is 6.34 Å². The van der Waals surface area contributed by atoms with Crippen LogP contribution in [0.1, 0.15) is 20.3 Å². The molecule has 0 bridgehead atoms. The molecule has 10 heavy (non-hydrogen) atoms. The molecule has 58 valence electrons. The summed E-state index contributed by atoms with van der Waals surface area (Å²) < 4.78 is 0. The summed E-state index contributed by atoms with van der Waals surface area (Å²) in [5.74, 6) is 0. The molecule has 1 N–H and O–H groups in total. The van der Waals surface area contributed by atoms with E-state index in [1.165, 1.54) is 0 Å². The SMILES string of the molecule is CC/C(C)=N\C=N/CNC. The van der Waals surface area contributed by atoms with Gasteiger partial charge in [0.15, 0.2) is 0 Å². The zero-order valence-electron chi connectivity index (χ0n) is 6.89. The summed E-state index contributed by atoms with van der Waals surface area (Å²) >= 11 is 0. The Kier molecular flexibility index (Phi) is 5.97. The van der Waals surface area contributed by atoms with Crippen LogP contribution in [-0.2, 0) is 0 Å². The van der Waals surface area contributed by atoms with Crippen LogP contribution in [0.4, 0.5) is 0 Å².